The van der Waals surface area contributed by atoms with Crippen LogP contribution in [0, 0.1) is 11.6 Å². The summed E-state index contributed by atoms with van der Waals surface area (Å²) in [5.41, 5.74) is 1.18. The van der Waals surface area contributed by atoms with Crippen LogP contribution in [0.3, 0.4) is 0 Å². The van der Waals surface area contributed by atoms with Crippen LogP contribution in [-0.4, -0.2) is 15.6 Å². The Labute approximate surface area is 122 Å². The van der Waals surface area contributed by atoms with Crippen molar-refractivity contribution in [2.45, 2.75) is 39.7 Å². The van der Waals surface area contributed by atoms with Crippen LogP contribution in [0.5, 0.6) is 0 Å². The first-order valence-corrected chi connectivity index (χ1v) is 7.09. The molecule has 0 amide bonds. The lowest BCUT2D eigenvalue weighted by Gasteiger charge is -2.04. The van der Waals surface area contributed by atoms with Gasteiger partial charge in [-0.15, -0.1) is 0 Å². The second kappa shape index (κ2) is 6.61. The molecule has 0 bridgehead atoms. The molecular weight excluding hydrogens is 274 g/mol. The molecule has 2 aromatic rings. The minimum atomic E-state index is -0.606. The molecule has 3 nitrogen and oxygen atoms in total. The molecule has 1 aromatic carbocycles. The van der Waals surface area contributed by atoms with Crippen LogP contribution >= 0.6 is 0 Å². The molecule has 0 atom stereocenters. The number of carbonyl (C=O) groups is 1. The van der Waals surface area contributed by atoms with Crippen molar-refractivity contribution in [2.24, 2.45) is 0 Å². The van der Waals surface area contributed by atoms with Gasteiger partial charge in [0.25, 0.3) is 0 Å². The fourth-order valence-corrected chi connectivity index (χ4v) is 2.23. The van der Waals surface area contributed by atoms with Crippen LogP contribution in [0.4, 0.5) is 8.78 Å². The summed E-state index contributed by atoms with van der Waals surface area (Å²) in [5, 5.41) is 4.21. The third kappa shape index (κ3) is 3.35. The fourth-order valence-electron chi connectivity index (χ4n) is 2.23. The zero-order valence-corrected chi connectivity index (χ0v) is 12.2. The van der Waals surface area contributed by atoms with Gasteiger partial charge in [0.2, 0.25) is 0 Å². The van der Waals surface area contributed by atoms with Crippen molar-refractivity contribution < 1.29 is 13.6 Å². The number of halogens is 2. The number of hydrogen-bond donors (Lipinski definition) is 0. The summed E-state index contributed by atoms with van der Waals surface area (Å²) in [7, 11) is 0. The summed E-state index contributed by atoms with van der Waals surface area (Å²) in [4.78, 5) is 12.0. The Morgan fingerprint density at radius 1 is 1.24 bits per heavy atom. The molecule has 0 aliphatic heterocycles. The van der Waals surface area contributed by atoms with Gasteiger partial charge in [0.05, 0.1) is 6.54 Å². The van der Waals surface area contributed by atoms with E-state index < -0.39 is 11.6 Å². The Hall–Kier alpha value is -2.04. The second-order valence-corrected chi connectivity index (χ2v) is 4.93. The Kier molecular flexibility index (Phi) is 4.83. The van der Waals surface area contributed by atoms with Crippen LogP contribution in [0.25, 0.3) is 0 Å². The quantitative estimate of drug-likeness (QED) is 0.760. The van der Waals surface area contributed by atoms with E-state index in [2.05, 4.69) is 5.10 Å². The minimum Gasteiger partial charge on any atom is -0.292 e. The maximum absolute atomic E-state index is 13.7. The van der Waals surface area contributed by atoms with Gasteiger partial charge in [-0.2, -0.15) is 5.10 Å². The molecule has 0 aliphatic carbocycles. The van der Waals surface area contributed by atoms with Gasteiger partial charge in [0, 0.05) is 23.7 Å². The fraction of sp³-hybridized carbons (Fsp3) is 0.375. The van der Waals surface area contributed by atoms with Gasteiger partial charge >= 0.3 is 0 Å². The Morgan fingerprint density at radius 3 is 2.48 bits per heavy atom. The molecule has 0 spiro atoms. The number of aromatic nitrogens is 2. The van der Waals surface area contributed by atoms with Gasteiger partial charge in [-0.1, -0.05) is 19.9 Å². The van der Waals surface area contributed by atoms with Gasteiger partial charge in [0.1, 0.15) is 17.3 Å². The van der Waals surface area contributed by atoms with E-state index >= 15 is 0 Å². The van der Waals surface area contributed by atoms with E-state index in [4.69, 9.17) is 0 Å². The Morgan fingerprint density at radius 2 is 1.90 bits per heavy atom. The lowest BCUT2D eigenvalue weighted by Crippen LogP contribution is -2.07. The van der Waals surface area contributed by atoms with Crippen molar-refractivity contribution in [1.82, 2.24) is 9.78 Å². The molecule has 1 aromatic heterocycles. The SMILES string of the molecule is CCCC(=O)c1nn(Cc2c(F)cccc2F)cc1CC. The molecule has 0 fully saturated rings. The average molecular weight is 292 g/mol. The first-order chi connectivity index (χ1) is 10.1. The topological polar surface area (TPSA) is 34.9 Å². The minimum absolute atomic E-state index is 0.0229. The number of rotatable bonds is 6. The summed E-state index contributed by atoms with van der Waals surface area (Å²) < 4.78 is 28.7. The normalized spacial score (nSPS) is 10.9. The highest BCUT2D eigenvalue weighted by atomic mass is 19.1. The molecule has 5 heteroatoms. The molecule has 0 saturated carbocycles. The van der Waals surface area contributed by atoms with Gasteiger partial charge in [0.15, 0.2) is 5.78 Å². The summed E-state index contributed by atoms with van der Waals surface area (Å²) in [6.07, 6.45) is 3.52. The van der Waals surface area contributed by atoms with Crippen molar-refractivity contribution in [3.63, 3.8) is 0 Å². The highest BCUT2D eigenvalue weighted by Crippen LogP contribution is 2.16. The van der Waals surface area contributed by atoms with E-state index in [0.29, 0.717) is 18.5 Å². The maximum atomic E-state index is 13.7. The number of aryl methyl sites for hydroxylation is 1. The largest absolute Gasteiger partial charge is 0.292 e. The highest BCUT2D eigenvalue weighted by Gasteiger charge is 2.16. The van der Waals surface area contributed by atoms with Crippen LogP contribution < -0.4 is 0 Å². The predicted molar refractivity (Wildman–Crippen MR) is 76.3 cm³/mol. The highest BCUT2D eigenvalue weighted by molar-refractivity contribution is 5.95. The Bertz CT molecular complexity index is 629. The average Bonchev–Trinajstić information content (AvgIpc) is 2.86. The number of carbonyl (C=O) groups excluding carboxylic acids is 1. The number of ketones is 1. The van der Waals surface area contributed by atoms with Gasteiger partial charge in [-0.25, -0.2) is 8.78 Å². The first-order valence-electron chi connectivity index (χ1n) is 7.09. The summed E-state index contributed by atoms with van der Waals surface area (Å²) in [6.45, 7) is 3.83. The first kappa shape index (κ1) is 15.4. The molecule has 112 valence electrons. The number of benzene rings is 1. The van der Waals surface area contributed by atoms with Crippen LogP contribution in [0.15, 0.2) is 24.4 Å². The van der Waals surface area contributed by atoms with Gasteiger partial charge < -0.3 is 0 Å². The van der Waals surface area contributed by atoms with Crippen molar-refractivity contribution >= 4 is 5.78 Å². The predicted octanol–water partition coefficient (Wildman–Crippen LogP) is 3.75. The third-order valence-corrected chi connectivity index (χ3v) is 3.34. The lowest BCUT2D eigenvalue weighted by atomic mass is 10.1. The summed E-state index contributed by atoms with van der Waals surface area (Å²) in [6, 6.07) is 3.75. The van der Waals surface area contributed by atoms with Crippen molar-refractivity contribution in [2.75, 3.05) is 0 Å². The van der Waals surface area contributed by atoms with E-state index in [0.717, 1.165) is 12.0 Å². The van der Waals surface area contributed by atoms with Crippen LogP contribution in [-0.2, 0) is 13.0 Å². The molecule has 0 aliphatic rings. The number of nitrogens with zero attached hydrogens (tertiary/aromatic N) is 2. The molecular formula is C16H18F2N2O. The number of hydrogen-bond acceptors (Lipinski definition) is 2. The van der Waals surface area contributed by atoms with E-state index in [1.165, 1.54) is 22.9 Å². The van der Waals surface area contributed by atoms with E-state index in [-0.39, 0.29) is 17.9 Å². The van der Waals surface area contributed by atoms with E-state index in [1.54, 1.807) is 6.20 Å². The second-order valence-electron chi connectivity index (χ2n) is 4.93. The van der Waals surface area contributed by atoms with Crippen LogP contribution in [0.2, 0.25) is 0 Å². The maximum Gasteiger partial charge on any atom is 0.183 e. The molecule has 1 heterocycles. The summed E-state index contributed by atoms with van der Waals surface area (Å²) >= 11 is 0. The standard InChI is InChI=1S/C16H18F2N2O/c1-3-6-15(21)16-11(4-2)9-20(19-16)10-12-13(17)7-5-8-14(12)18/h5,7-9H,3-4,6,10H2,1-2H3. The van der Waals surface area contributed by atoms with Gasteiger partial charge in [-0.3, -0.25) is 9.48 Å². The Balaban J connectivity index is 2.31. The van der Waals surface area contributed by atoms with Crippen molar-refractivity contribution in [3.05, 3.63) is 52.9 Å². The van der Waals surface area contributed by atoms with Crippen molar-refractivity contribution in [3.8, 4) is 0 Å². The molecule has 2 rings (SSSR count). The molecule has 0 N–H and O–H groups in total. The molecule has 0 radical (unpaired) electrons. The molecule has 0 unspecified atom stereocenters. The lowest BCUT2D eigenvalue weighted by molar-refractivity contribution is 0.0975. The third-order valence-electron chi connectivity index (χ3n) is 3.34. The molecule has 0 saturated heterocycles. The summed E-state index contributed by atoms with van der Waals surface area (Å²) in [5.74, 6) is -1.24. The monoisotopic (exact) mass is 292 g/mol. The number of Topliss-reactive ketones (excluding diaryl/α,β-unsaturated/α-hetero) is 1. The van der Waals surface area contributed by atoms with E-state index in [1.807, 2.05) is 13.8 Å². The van der Waals surface area contributed by atoms with E-state index in [9.17, 15) is 13.6 Å². The van der Waals surface area contributed by atoms with Gasteiger partial charge in [-0.05, 0) is 25.0 Å². The van der Waals surface area contributed by atoms with Crippen molar-refractivity contribution in [1.29, 1.82) is 0 Å². The zero-order chi connectivity index (χ0) is 15.4. The van der Waals surface area contributed by atoms with Crippen LogP contribution in [0.1, 0.15) is 48.3 Å². The smallest absolute Gasteiger partial charge is 0.183 e. The zero-order valence-electron chi connectivity index (χ0n) is 12.2. The molecule has 21 heavy (non-hydrogen) atoms.